The number of hydrogen-bond acceptors (Lipinski definition) is 3. The van der Waals surface area contributed by atoms with Crippen molar-refractivity contribution in [2.75, 3.05) is 19.0 Å². The second-order valence-corrected chi connectivity index (χ2v) is 6.17. The van der Waals surface area contributed by atoms with Crippen LogP contribution in [0.3, 0.4) is 0 Å². The number of hydrogen-bond donors (Lipinski definition) is 1. The molecule has 0 saturated heterocycles. The minimum absolute atomic E-state index is 0.139. The van der Waals surface area contributed by atoms with Gasteiger partial charge in [0.1, 0.15) is 11.8 Å². The van der Waals surface area contributed by atoms with E-state index in [-0.39, 0.29) is 12.1 Å². The van der Waals surface area contributed by atoms with Crippen molar-refractivity contribution < 1.29 is 9.53 Å². The molecule has 0 saturated carbocycles. The van der Waals surface area contributed by atoms with E-state index < -0.39 is 0 Å². The number of amides is 2. The Labute approximate surface area is 152 Å². The van der Waals surface area contributed by atoms with Crippen molar-refractivity contribution in [1.29, 1.82) is 0 Å². The number of urea groups is 1. The first-order valence-electron chi connectivity index (χ1n) is 8.53. The summed E-state index contributed by atoms with van der Waals surface area (Å²) >= 11 is 0. The van der Waals surface area contributed by atoms with Gasteiger partial charge in [0.2, 0.25) is 0 Å². The van der Waals surface area contributed by atoms with Crippen molar-refractivity contribution in [2.45, 2.75) is 12.6 Å². The maximum Gasteiger partial charge on any atom is 0.322 e. The number of nitrogens with zero attached hydrogens (tertiary/aromatic N) is 3. The smallest absolute Gasteiger partial charge is 0.322 e. The fourth-order valence-corrected chi connectivity index (χ4v) is 3.39. The lowest BCUT2D eigenvalue weighted by atomic mass is 10.0. The molecule has 2 amide bonds. The number of pyridine rings is 1. The number of rotatable bonds is 3. The Hall–Kier alpha value is -3.28. The summed E-state index contributed by atoms with van der Waals surface area (Å²) in [4.78, 5) is 19.1. The standard InChI is InChI=1S/C20H20N4O2/c1-26-17-7-2-6-16(13-17)22-20(25)24-12-11-23-10-4-8-18(23)19(24)15-5-3-9-21-14-15/h2-10,13-14,19H,11-12H2,1H3,(H,22,25)/t19-/m1/s1. The maximum absolute atomic E-state index is 13.0. The minimum Gasteiger partial charge on any atom is -0.497 e. The van der Waals surface area contributed by atoms with Gasteiger partial charge in [-0.05, 0) is 35.9 Å². The van der Waals surface area contributed by atoms with Crippen LogP contribution in [0, 0.1) is 0 Å². The van der Waals surface area contributed by atoms with Crippen LogP contribution in [0.1, 0.15) is 17.3 Å². The highest BCUT2D eigenvalue weighted by Crippen LogP contribution is 2.32. The van der Waals surface area contributed by atoms with Crippen LogP contribution in [0.25, 0.3) is 0 Å². The van der Waals surface area contributed by atoms with E-state index in [1.165, 1.54) is 0 Å². The molecule has 1 atom stereocenters. The van der Waals surface area contributed by atoms with Gasteiger partial charge >= 0.3 is 6.03 Å². The number of carbonyl (C=O) groups is 1. The summed E-state index contributed by atoms with van der Waals surface area (Å²) in [6.45, 7) is 1.39. The average Bonchev–Trinajstić information content (AvgIpc) is 3.16. The molecule has 0 bridgehead atoms. The summed E-state index contributed by atoms with van der Waals surface area (Å²) in [6, 6.07) is 15.0. The predicted molar refractivity (Wildman–Crippen MR) is 99.2 cm³/mol. The molecule has 2 aromatic heterocycles. The number of anilines is 1. The number of carbonyl (C=O) groups excluding carboxylic acids is 1. The Morgan fingerprint density at radius 1 is 1.19 bits per heavy atom. The number of nitrogens with one attached hydrogen (secondary N) is 1. The average molecular weight is 348 g/mol. The highest BCUT2D eigenvalue weighted by atomic mass is 16.5. The van der Waals surface area contributed by atoms with Crippen molar-refractivity contribution in [3.63, 3.8) is 0 Å². The van der Waals surface area contributed by atoms with E-state index >= 15 is 0 Å². The van der Waals surface area contributed by atoms with Crippen LogP contribution < -0.4 is 10.1 Å². The molecule has 1 N–H and O–H groups in total. The van der Waals surface area contributed by atoms with E-state index in [9.17, 15) is 4.79 Å². The largest absolute Gasteiger partial charge is 0.497 e. The lowest BCUT2D eigenvalue weighted by molar-refractivity contribution is 0.181. The molecule has 1 aromatic carbocycles. The van der Waals surface area contributed by atoms with Gasteiger partial charge in [0.25, 0.3) is 0 Å². The third-order valence-electron chi connectivity index (χ3n) is 4.62. The van der Waals surface area contributed by atoms with Gasteiger partial charge in [0.15, 0.2) is 0 Å². The van der Waals surface area contributed by atoms with Crippen molar-refractivity contribution >= 4 is 11.7 Å². The molecule has 6 heteroatoms. The second kappa shape index (κ2) is 6.92. The van der Waals surface area contributed by atoms with E-state index in [4.69, 9.17) is 4.74 Å². The number of methoxy groups -OCH3 is 1. The second-order valence-electron chi connectivity index (χ2n) is 6.17. The molecular weight excluding hydrogens is 328 g/mol. The third-order valence-corrected chi connectivity index (χ3v) is 4.62. The molecule has 6 nitrogen and oxygen atoms in total. The molecule has 0 radical (unpaired) electrons. The highest BCUT2D eigenvalue weighted by Gasteiger charge is 2.32. The SMILES string of the molecule is COc1cccc(NC(=O)N2CCn3cccc3[C@H]2c2cccnc2)c1. The van der Waals surface area contributed by atoms with Crippen LogP contribution in [0.4, 0.5) is 10.5 Å². The van der Waals surface area contributed by atoms with Gasteiger partial charge in [0.05, 0.1) is 7.11 Å². The molecule has 0 fully saturated rings. The van der Waals surface area contributed by atoms with Gasteiger partial charge in [0, 0.05) is 49.1 Å². The lowest BCUT2D eigenvalue weighted by Gasteiger charge is -2.37. The number of ether oxygens (including phenoxy) is 1. The van der Waals surface area contributed by atoms with Gasteiger partial charge in [-0.3, -0.25) is 4.98 Å². The van der Waals surface area contributed by atoms with Crippen LogP contribution >= 0.6 is 0 Å². The van der Waals surface area contributed by atoms with Crippen LogP contribution in [0.2, 0.25) is 0 Å². The van der Waals surface area contributed by atoms with Crippen LogP contribution in [-0.4, -0.2) is 34.1 Å². The van der Waals surface area contributed by atoms with Crippen molar-refractivity contribution in [3.8, 4) is 5.75 Å². The third kappa shape index (κ3) is 3.01. The Kier molecular flexibility index (Phi) is 4.31. The first kappa shape index (κ1) is 16.2. The quantitative estimate of drug-likeness (QED) is 0.788. The zero-order valence-electron chi connectivity index (χ0n) is 14.5. The molecule has 0 aliphatic carbocycles. The molecule has 1 aliphatic rings. The molecular formula is C20H20N4O2. The molecule has 3 aromatic rings. The Balaban J connectivity index is 1.64. The fourth-order valence-electron chi connectivity index (χ4n) is 3.39. The van der Waals surface area contributed by atoms with Crippen LogP contribution in [-0.2, 0) is 6.54 Å². The first-order valence-corrected chi connectivity index (χ1v) is 8.53. The van der Waals surface area contributed by atoms with Crippen LogP contribution in [0.5, 0.6) is 5.75 Å². The Bertz CT molecular complexity index is 907. The molecule has 1 aliphatic heterocycles. The predicted octanol–water partition coefficient (Wildman–Crippen LogP) is 3.53. The normalized spacial score (nSPS) is 16.0. The number of aromatic nitrogens is 2. The molecule has 26 heavy (non-hydrogen) atoms. The molecule has 132 valence electrons. The summed E-state index contributed by atoms with van der Waals surface area (Å²) in [5.74, 6) is 0.708. The summed E-state index contributed by atoms with van der Waals surface area (Å²) < 4.78 is 7.42. The summed E-state index contributed by atoms with van der Waals surface area (Å²) in [7, 11) is 1.61. The van der Waals surface area contributed by atoms with Gasteiger partial charge in [-0.25, -0.2) is 4.79 Å². The lowest BCUT2D eigenvalue weighted by Crippen LogP contribution is -2.44. The van der Waals surface area contributed by atoms with Gasteiger partial charge in [-0.15, -0.1) is 0 Å². The Morgan fingerprint density at radius 3 is 2.92 bits per heavy atom. The zero-order valence-corrected chi connectivity index (χ0v) is 14.5. The number of fused-ring (bicyclic) bond motifs is 1. The van der Waals surface area contributed by atoms with E-state index in [1.807, 2.05) is 53.6 Å². The topological polar surface area (TPSA) is 59.4 Å². The summed E-state index contributed by atoms with van der Waals surface area (Å²) in [5, 5.41) is 2.99. The van der Waals surface area contributed by atoms with Crippen LogP contribution in [0.15, 0.2) is 67.1 Å². The first-order chi connectivity index (χ1) is 12.8. The number of benzene rings is 1. The van der Waals surface area contributed by atoms with Gasteiger partial charge < -0.3 is 19.5 Å². The summed E-state index contributed by atoms with van der Waals surface area (Å²) in [5.41, 5.74) is 2.79. The molecule has 0 spiro atoms. The fraction of sp³-hybridized carbons (Fsp3) is 0.200. The van der Waals surface area contributed by atoms with E-state index in [2.05, 4.69) is 27.1 Å². The monoisotopic (exact) mass is 348 g/mol. The van der Waals surface area contributed by atoms with Crippen molar-refractivity contribution in [2.24, 2.45) is 0 Å². The van der Waals surface area contributed by atoms with Crippen molar-refractivity contribution in [3.05, 3.63) is 78.4 Å². The Morgan fingerprint density at radius 2 is 2.12 bits per heavy atom. The van der Waals surface area contributed by atoms with E-state index in [1.54, 1.807) is 13.3 Å². The van der Waals surface area contributed by atoms with Gasteiger partial charge in [-0.2, -0.15) is 0 Å². The molecule has 3 heterocycles. The summed E-state index contributed by atoms with van der Waals surface area (Å²) in [6.07, 6.45) is 5.61. The van der Waals surface area contributed by atoms with Gasteiger partial charge in [-0.1, -0.05) is 12.1 Å². The van der Waals surface area contributed by atoms with Crippen molar-refractivity contribution in [1.82, 2.24) is 14.5 Å². The zero-order chi connectivity index (χ0) is 17.9. The molecule has 0 unspecified atom stereocenters. The van der Waals surface area contributed by atoms with E-state index in [0.717, 1.165) is 17.8 Å². The molecule has 4 rings (SSSR count). The minimum atomic E-state index is -0.168. The van der Waals surface area contributed by atoms with E-state index in [0.29, 0.717) is 18.0 Å². The highest BCUT2D eigenvalue weighted by molar-refractivity contribution is 5.90. The maximum atomic E-state index is 13.0.